The molecule has 2 rings (SSSR count). The molecule has 110 valence electrons. The third-order valence-corrected chi connectivity index (χ3v) is 3.13. The third-order valence-electron chi connectivity index (χ3n) is 3.13. The number of carbonyl (C=O) groups excluding carboxylic acids is 1. The normalized spacial score (nSPS) is 11.8. The average molecular weight is 287 g/mol. The summed E-state index contributed by atoms with van der Waals surface area (Å²) in [6.07, 6.45) is 0. The van der Waals surface area contributed by atoms with Gasteiger partial charge in [0.05, 0.1) is 5.69 Å². The Morgan fingerprint density at radius 3 is 2.57 bits per heavy atom. The SMILES string of the molecule is Cc1cccc(F)c1NC(=O)Nc1cccc(C(C)N)c1. The van der Waals surface area contributed by atoms with E-state index in [1.54, 1.807) is 31.2 Å². The summed E-state index contributed by atoms with van der Waals surface area (Å²) in [7, 11) is 0. The van der Waals surface area contributed by atoms with Gasteiger partial charge in [-0.15, -0.1) is 0 Å². The van der Waals surface area contributed by atoms with Crippen molar-refractivity contribution in [3.63, 3.8) is 0 Å². The first-order chi connectivity index (χ1) is 9.97. The molecule has 0 heterocycles. The number of nitrogens with two attached hydrogens (primary N) is 1. The number of rotatable bonds is 3. The first-order valence-corrected chi connectivity index (χ1v) is 6.66. The zero-order chi connectivity index (χ0) is 15.4. The fourth-order valence-corrected chi connectivity index (χ4v) is 1.97. The highest BCUT2D eigenvalue weighted by Crippen LogP contribution is 2.20. The summed E-state index contributed by atoms with van der Waals surface area (Å²) in [5.74, 6) is -0.463. The Labute approximate surface area is 123 Å². The highest BCUT2D eigenvalue weighted by Gasteiger charge is 2.10. The number of benzene rings is 2. The quantitative estimate of drug-likeness (QED) is 0.803. The fraction of sp³-hybridized carbons (Fsp3) is 0.188. The van der Waals surface area contributed by atoms with Crippen molar-refractivity contribution in [2.24, 2.45) is 5.73 Å². The van der Waals surface area contributed by atoms with Crippen LogP contribution in [0.15, 0.2) is 42.5 Å². The molecule has 1 atom stereocenters. The van der Waals surface area contributed by atoms with Crippen LogP contribution in [0.3, 0.4) is 0 Å². The minimum atomic E-state index is -0.495. The van der Waals surface area contributed by atoms with E-state index in [4.69, 9.17) is 5.73 Å². The van der Waals surface area contributed by atoms with Crippen LogP contribution in [0.2, 0.25) is 0 Å². The number of amides is 2. The summed E-state index contributed by atoms with van der Waals surface area (Å²) < 4.78 is 13.7. The molecule has 5 heteroatoms. The molecule has 1 unspecified atom stereocenters. The zero-order valence-electron chi connectivity index (χ0n) is 12.0. The molecule has 4 N–H and O–H groups in total. The van der Waals surface area contributed by atoms with E-state index in [1.807, 2.05) is 19.1 Å². The predicted octanol–water partition coefficient (Wildman–Crippen LogP) is 3.80. The van der Waals surface area contributed by atoms with Gasteiger partial charge in [-0.25, -0.2) is 9.18 Å². The summed E-state index contributed by atoms with van der Waals surface area (Å²) in [6, 6.07) is 11.2. The van der Waals surface area contributed by atoms with Gasteiger partial charge in [-0.05, 0) is 43.2 Å². The van der Waals surface area contributed by atoms with Crippen LogP contribution in [-0.2, 0) is 0 Å². The van der Waals surface area contributed by atoms with Crippen molar-refractivity contribution >= 4 is 17.4 Å². The van der Waals surface area contributed by atoms with Crippen molar-refractivity contribution in [2.45, 2.75) is 19.9 Å². The molecule has 2 aromatic rings. The molecule has 2 amide bonds. The molecule has 4 nitrogen and oxygen atoms in total. The Morgan fingerprint density at radius 1 is 1.19 bits per heavy atom. The highest BCUT2D eigenvalue weighted by molar-refractivity contribution is 6.00. The molecule has 0 fully saturated rings. The van der Waals surface area contributed by atoms with Crippen LogP contribution < -0.4 is 16.4 Å². The third kappa shape index (κ3) is 3.79. The topological polar surface area (TPSA) is 67.2 Å². The lowest BCUT2D eigenvalue weighted by molar-refractivity contribution is 0.262. The summed E-state index contributed by atoms with van der Waals surface area (Å²) in [5.41, 5.74) is 8.16. The van der Waals surface area contributed by atoms with Gasteiger partial charge in [-0.3, -0.25) is 0 Å². The lowest BCUT2D eigenvalue weighted by atomic mass is 10.1. The van der Waals surface area contributed by atoms with E-state index in [0.29, 0.717) is 11.3 Å². The van der Waals surface area contributed by atoms with Gasteiger partial charge in [0.1, 0.15) is 5.82 Å². The molecule has 0 spiro atoms. The molecule has 0 bridgehead atoms. The molecule has 21 heavy (non-hydrogen) atoms. The Kier molecular flexibility index (Phi) is 4.55. The van der Waals surface area contributed by atoms with Gasteiger partial charge in [-0.1, -0.05) is 24.3 Å². The standard InChI is InChI=1S/C16H18FN3O/c1-10-5-3-8-14(17)15(10)20-16(21)19-13-7-4-6-12(9-13)11(2)18/h3-9,11H,18H2,1-2H3,(H2,19,20,21). The van der Waals surface area contributed by atoms with E-state index < -0.39 is 11.8 Å². The second-order valence-electron chi connectivity index (χ2n) is 4.92. The molecule has 0 aromatic heterocycles. The molecule has 0 aliphatic heterocycles. The molecule has 2 aromatic carbocycles. The van der Waals surface area contributed by atoms with E-state index in [2.05, 4.69) is 10.6 Å². The van der Waals surface area contributed by atoms with E-state index in [9.17, 15) is 9.18 Å². The average Bonchev–Trinajstić information content (AvgIpc) is 2.43. The Hall–Kier alpha value is -2.40. The van der Waals surface area contributed by atoms with Crippen molar-refractivity contribution in [2.75, 3.05) is 10.6 Å². The van der Waals surface area contributed by atoms with Gasteiger partial charge in [0.15, 0.2) is 0 Å². The first kappa shape index (κ1) is 15.0. The van der Waals surface area contributed by atoms with Crippen LogP contribution in [0.25, 0.3) is 0 Å². The van der Waals surface area contributed by atoms with Crippen molar-refractivity contribution in [3.8, 4) is 0 Å². The molecule has 0 radical (unpaired) electrons. The van der Waals surface area contributed by atoms with Crippen molar-refractivity contribution in [3.05, 3.63) is 59.4 Å². The number of hydrogen-bond donors (Lipinski definition) is 3. The minimum absolute atomic E-state index is 0.122. The first-order valence-electron chi connectivity index (χ1n) is 6.66. The predicted molar refractivity (Wildman–Crippen MR) is 82.8 cm³/mol. The van der Waals surface area contributed by atoms with Crippen molar-refractivity contribution in [1.82, 2.24) is 0 Å². The molecule has 0 aliphatic rings. The summed E-state index contributed by atoms with van der Waals surface area (Å²) in [6.45, 7) is 3.59. The van der Waals surface area contributed by atoms with Crippen LogP contribution >= 0.6 is 0 Å². The second-order valence-corrected chi connectivity index (χ2v) is 4.92. The fourth-order valence-electron chi connectivity index (χ4n) is 1.97. The number of aryl methyl sites for hydroxylation is 1. The second kappa shape index (κ2) is 6.37. The number of carbonyl (C=O) groups is 1. The maximum absolute atomic E-state index is 13.7. The van der Waals surface area contributed by atoms with Crippen LogP contribution in [0.5, 0.6) is 0 Å². The number of hydrogen-bond acceptors (Lipinski definition) is 2. The molecular formula is C16H18FN3O. The van der Waals surface area contributed by atoms with E-state index in [1.165, 1.54) is 6.07 Å². The maximum atomic E-state index is 13.7. The lowest BCUT2D eigenvalue weighted by Crippen LogP contribution is -2.21. The van der Waals surface area contributed by atoms with Crippen LogP contribution in [0.1, 0.15) is 24.1 Å². The van der Waals surface area contributed by atoms with Gasteiger partial charge >= 0.3 is 6.03 Å². The summed E-state index contributed by atoms with van der Waals surface area (Å²) in [4.78, 5) is 11.9. The van der Waals surface area contributed by atoms with Gasteiger partial charge < -0.3 is 16.4 Å². The van der Waals surface area contributed by atoms with Gasteiger partial charge in [0, 0.05) is 11.7 Å². The van der Waals surface area contributed by atoms with Crippen molar-refractivity contribution in [1.29, 1.82) is 0 Å². The Bertz CT molecular complexity index is 635. The van der Waals surface area contributed by atoms with Crippen molar-refractivity contribution < 1.29 is 9.18 Å². The number of nitrogens with one attached hydrogen (secondary N) is 2. The van der Waals surface area contributed by atoms with Gasteiger partial charge in [0.25, 0.3) is 0 Å². The molecule has 0 aliphatic carbocycles. The molecular weight excluding hydrogens is 269 g/mol. The Balaban J connectivity index is 2.10. The number of urea groups is 1. The lowest BCUT2D eigenvalue weighted by Gasteiger charge is -2.12. The van der Waals surface area contributed by atoms with Gasteiger partial charge in [-0.2, -0.15) is 0 Å². The maximum Gasteiger partial charge on any atom is 0.323 e. The summed E-state index contributed by atoms with van der Waals surface area (Å²) >= 11 is 0. The largest absolute Gasteiger partial charge is 0.324 e. The zero-order valence-corrected chi connectivity index (χ0v) is 12.0. The monoisotopic (exact) mass is 287 g/mol. The Morgan fingerprint density at radius 2 is 1.90 bits per heavy atom. The van der Waals surface area contributed by atoms with E-state index >= 15 is 0 Å². The van der Waals surface area contributed by atoms with E-state index in [0.717, 1.165) is 5.56 Å². The smallest absolute Gasteiger partial charge is 0.323 e. The minimum Gasteiger partial charge on any atom is -0.324 e. The number of anilines is 2. The number of para-hydroxylation sites is 1. The summed E-state index contributed by atoms with van der Waals surface area (Å²) in [5, 5.41) is 5.19. The van der Waals surface area contributed by atoms with E-state index in [-0.39, 0.29) is 11.7 Å². The number of halogens is 1. The van der Waals surface area contributed by atoms with Crippen LogP contribution in [0.4, 0.5) is 20.6 Å². The highest BCUT2D eigenvalue weighted by atomic mass is 19.1. The van der Waals surface area contributed by atoms with Crippen LogP contribution in [0, 0.1) is 12.7 Å². The molecule has 0 saturated heterocycles. The van der Waals surface area contributed by atoms with Crippen LogP contribution in [-0.4, -0.2) is 6.03 Å². The van der Waals surface area contributed by atoms with Gasteiger partial charge in [0.2, 0.25) is 0 Å². The molecule has 0 saturated carbocycles.